The lowest BCUT2D eigenvalue weighted by Gasteiger charge is -2.10. The normalized spacial score (nSPS) is 12.0. The standard InChI is InChI=1S/C20H18N6O3S/c1-11-9-12(2)26-19(21-11)23-16(25-26)18(28)29-13(3)17(27)24-20-22-15(10-30-20)14-7-5-4-6-8-14/h4-10,13H,1-3H3,(H,22,24,27). The topological polar surface area (TPSA) is 111 Å². The van der Waals surface area contributed by atoms with Gasteiger partial charge >= 0.3 is 5.97 Å². The molecule has 3 heterocycles. The van der Waals surface area contributed by atoms with Crippen molar-refractivity contribution in [3.8, 4) is 11.3 Å². The van der Waals surface area contributed by atoms with Crippen molar-refractivity contribution in [1.29, 1.82) is 0 Å². The molecule has 4 aromatic rings. The molecule has 0 aliphatic heterocycles. The quantitative estimate of drug-likeness (QED) is 0.492. The van der Waals surface area contributed by atoms with Crippen LogP contribution in [0.2, 0.25) is 0 Å². The smallest absolute Gasteiger partial charge is 0.379 e. The number of nitrogens with one attached hydrogen (secondary N) is 1. The first-order valence-electron chi connectivity index (χ1n) is 9.14. The van der Waals surface area contributed by atoms with Gasteiger partial charge in [-0.1, -0.05) is 30.3 Å². The van der Waals surface area contributed by atoms with E-state index in [-0.39, 0.29) is 5.82 Å². The molecule has 0 spiro atoms. The molecule has 0 radical (unpaired) electrons. The molecule has 1 unspecified atom stereocenters. The van der Waals surface area contributed by atoms with E-state index < -0.39 is 18.0 Å². The highest BCUT2D eigenvalue weighted by Crippen LogP contribution is 2.24. The molecule has 152 valence electrons. The van der Waals surface area contributed by atoms with E-state index in [1.165, 1.54) is 22.8 Å². The summed E-state index contributed by atoms with van der Waals surface area (Å²) in [5.74, 6) is -1.15. The fourth-order valence-electron chi connectivity index (χ4n) is 2.80. The summed E-state index contributed by atoms with van der Waals surface area (Å²) in [5, 5.41) is 9.04. The monoisotopic (exact) mass is 422 g/mol. The molecular weight excluding hydrogens is 404 g/mol. The van der Waals surface area contributed by atoms with Crippen LogP contribution in [0.15, 0.2) is 41.8 Å². The first-order chi connectivity index (χ1) is 14.4. The van der Waals surface area contributed by atoms with E-state index >= 15 is 0 Å². The van der Waals surface area contributed by atoms with Crippen LogP contribution >= 0.6 is 11.3 Å². The maximum atomic E-state index is 12.4. The average molecular weight is 422 g/mol. The molecule has 0 aliphatic rings. The van der Waals surface area contributed by atoms with Crippen molar-refractivity contribution in [2.75, 3.05) is 5.32 Å². The van der Waals surface area contributed by atoms with E-state index in [1.54, 1.807) is 0 Å². The number of amides is 1. The number of hydrogen-bond acceptors (Lipinski definition) is 8. The second-order valence-electron chi connectivity index (χ2n) is 6.63. The number of benzene rings is 1. The van der Waals surface area contributed by atoms with Crippen LogP contribution < -0.4 is 5.32 Å². The SMILES string of the molecule is Cc1cc(C)n2nc(C(=O)OC(C)C(=O)Nc3nc(-c4ccccc4)cs3)nc2n1. The zero-order valence-electron chi connectivity index (χ0n) is 16.5. The molecule has 0 saturated carbocycles. The van der Waals surface area contributed by atoms with Gasteiger partial charge in [0.25, 0.3) is 17.5 Å². The molecule has 0 fully saturated rings. The summed E-state index contributed by atoms with van der Waals surface area (Å²) in [4.78, 5) is 37.5. The van der Waals surface area contributed by atoms with Crippen molar-refractivity contribution >= 4 is 34.1 Å². The lowest BCUT2D eigenvalue weighted by atomic mass is 10.2. The van der Waals surface area contributed by atoms with Gasteiger partial charge in [-0.25, -0.2) is 19.3 Å². The Morgan fingerprint density at radius 2 is 1.90 bits per heavy atom. The predicted octanol–water partition coefficient (Wildman–Crippen LogP) is 3.05. The van der Waals surface area contributed by atoms with Crippen molar-refractivity contribution in [2.45, 2.75) is 26.9 Å². The van der Waals surface area contributed by atoms with Crippen LogP contribution in [0.3, 0.4) is 0 Å². The summed E-state index contributed by atoms with van der Waals surface area (Å²) < 4.78 is 6.67. The van der Waals surface area contributed by atoms with Gasteiger partial charge in [0.2, 0.25) is 0 Å². The molecule has 4 rings (SSSR count). The summed E-state index contributed by atoms with van der Waals surface area (Å²) in [6.07, 6.45) is -1.05. The Hall–Kier alpha value is -3.66. The molecule has 1 amide bonds. The van der Waals surface area contributed by atoms with Crippen molar-refractivity contribution in [2.24, 2.45) is 0 Å². The van der Waals surface area contributed by atoms with Crippen molar-refractivity contribution in [3.63, 3.8) is 0 Å². The predicted molar refractivity (Wildman–Crippen MR) is 111 cm³/mol. The Bertz CT molecular complexity index is 1230. The molecule has 9 nitrogen and oxygen atoms in total. The number of aryl methyl sites for hydroxylation is 2. The number of thiazole rings is 1. The zero-order valence-corrected chi connectivity index (χ0v) is 17.3. The molecule has 1 atom stereocenters. The second kappa shape index (κ2) is 7.99. The van der Waals surface area contributed by atoms with E-state index in [1.807, 2.05) is 55.6 Å². The van der Waals surface area contributed by atoms with Gasteiger partial charge in [0.05, 0.1) is 5.69 Å². The van der Waals surface area contributed by atoms with Crippen LogP contribution in [-0.4, -0.2) is 42.5 Å². The van der Waals surface area contributed by atoms with Crippen LogP contribution in [0, 0.1) is 13.8 Å². The number of esters is 1. The van der Waals surface area contributed by atoms with Crippen molar-refractivity contribution in [1.82, 2.24) is 24.6 Å². The largest absolute Gasteiger partial charge is 0.447 e. The highest BCUT2D eigenvalue weighted by molar-refractivity contribution is 7.14. The maximum absolute atomic E-state index is 12.4. The first kappa shape index (κ1) is 19.6. The third-order valence-electron chi connectivity index (χ3n) is 4.26. The molecule has 0 aliphatic carbocycles. The van der Waals surface area contributed by atoms with Crippen LogP contribution in [0.5, 0.6) is 0 Å². The van der Waals surface area contributed by atoms with Crippen LogP contribution in [0.4, 0.5) is 5.13 Å². The number of fused-ring (bicyclic) bond motifs is 1. The Morgan fingerprint density at radius 1 is 1.13 bits per heavy atom. The Labute approximate surface area is 175 Å². The number of carbonyl (C=O) groups is 2. The Kier molecular flexibility index (Phi) is 5.23. The Morgan fingerprint density at radius 3 is 2.67 bits per heavy atom. The number of aromatic nitrogens is 5. The Balaban J connectivity index is 1.42. The fourth-order valence-corrected chi connectivity index (χ4v) is 3.52. The number of ether oxygens (including phenoxy) is 1. The summed E-state index contributed by atoms with van der Waals surface area (Å²) in [6.45, 7) is 5.13. The molecule has 0 bridgehead atoms. The molecule has 0 saturated heterocycles. The van der Waals surface area contributed by atoms with Gasteiger partial charge < -0.3 is 4.74 Å². The number of nitrogens with zero attached hydrogens (tertiary/aromatic N) is 5. The van der Waals surface area contributed by atoms with E-state index in [4.69, 9.17) is 4.74 Å². The molecular formula is C20H18N6O3S. The lowest BCUT2D eigenvalue weighted by molar-refractivity contribution is -0.123. The molecule has 1 N–H and O–H groups in total. The molecule has 1 aromatic carbocycles. The van der Waals surface area contributed by atoms with Gasteiger partial charge in [-0.05, 0) is 26.8 Å². The molecule has 30 heavy (non-hydrogen) atoms. The van der Waals surface area contributed by atoms with E-state index in [9.17, 15) is 9.59 Å². The van der Waals surface area contributed by atoms with Crippen LogP contribution in [-0.2, 0) is 9.53 Å². The minimum Gasteiger partial charge on any atom is -0.447 e. The zero-order chi connectivity index (χ0) is 21.3. The van der Waals surface area contributed by atoms with Gasteiger partial charge in [0.15, 0.2) is 11.2 Å². The highest BCUT2D eigenvalue weighted by atomic mass is 32.1. The minimum atomic E-state index is -1.05. The van der Waals surface area contributed by atoms with Crippen LogP contribution in [0.25, 0.3) is 17.0 Å². The van der Waals surface area contributed by atoms with Crippen LogP contribution in [0.1, 0.15) is 28.9 Å². The summed E-state index contributed by atoms with van der Waals surface area (Å²) in [5.41, 5.74) is 3.25. The third-order valence-corrected chi connectivity index (χ3v) is 5.02. The van der Waals surface area contributed by atoms with Gasteiger partial charge in [-0.2, -0.15) is 4.98 Å². The summed E-state index contributed by atoms with van der Waals surface area (Å²) in [6, 6.07) is 11.5. The van der Waals surface area contributed by atoms with Gasteiger partial charge in [-0.15, -0.1) is 16.4 Å². The molecule has 3 aromatic heterocycles. The van der Waals surface area contributed by atoms with E-state index in [2.05, 4.69) is 25.4 Å². The van der Waals surface area contributed by atoms with Gasteiger partial charge in [0.1, 0.15) is 0 Å². The minimum absolute atomic E-state index is 0.156. The summed E-state index contributed by atoms with van der Waals surface area (Å²) >= 11 is 1.29. The lowest BCUT2D eigenvalue weighted by Crippen LogP contribution is -2.30. The average Bonchev–Trinajstić information content (AvgIpc) is 3.36. The summed E-state index contributed by atoms with van der Waals surface area (Å²) in [7, 11) is 0. The van der Waals surface area contributed by atoms with Gasteiger partial charge in [-0.3, -0.25) is 10.1 Å². The first-order valence-corrected chi connectivity index (χ1v) is 10.0. The number of anilines is 1. The highest BCUT2D eigenvalue weighted by Gasteiger charge is 2.23. The van der Waals surface area contributed by atoms with Crippen molar-refractivity contribution < 1.29 is 14.3 Å². The maximum Gasteiger partial charge on any atom is 0.379 e. The van der Waals surface area contributed by atoms with Gasteiger partial charge in [0, 0.05) is 22.3 Å². The number of carbonyl (C=O) groups excluding carboxylic acids is 2. The molecule has 10 heteroatoms. The second-order valence-corrected chi connectivity index (χ2v) is 7.48. The van der Waals surface area contributed by atoms with E-state index in [0.717, 1.165) is 22.6 Å². The third kappa shape index (κ3) is 4.03. The van der Waals surface area contributed by atoms with Crippen molar-refractivity contribution in [3.05, 3.63) is 59.0 Å². The number of rotatable bonds is 5. The number of hydrogen-bond donors (Lipinski definition) is 1. The fraction of sp³-hybridized carbons (Fsp3) is 0.200. The van der Waals surface area contributed by atoms with E-state index in [0.29, 0.717) is 10.9 Å².